The molecule has 2 aromatic carbocycles. The average Bonchev–Trinajstić information content (AvgIpc) is 2.81. The molecule has 0 fully saturated rings. The van der Waals surface area contributed by atoms with E-state index in [2.05, 4.69) is 11.1 Å². The van der Waals surface area contributed by atoms with Crippen molar-refractivity contribution < 1.29 is 0 Å². The second-order valence-electron chi connectivity index (χ2n) is 4.05. The molecular weight excluding hydrogens is 244 g/mol. The Bertz CT molecular complexity index is 766. The summed E-state index contributed by atoms with van der Waals surface area (Å²) in [6.07, 6.45) is 1.91. The van der Waals surface area contributed by atoms with Crippen molar-refractivity contribution in [2.75, 3.05) is 0 Å². The third-order valence-electron chi connectivity index (χ3n) is 2.98. The Hall–Kier alpha value is -2.24. The van der Waals surface area contributed by atoms with Gasteiger partial charge >= 0.3 is 0 Å². The first-order valence-electron chi connectivity index (χ1n) is 5.56. The smallest absolute Gasteiger partial charge is 0.0998 e. The molecule has 3 heteroatoms. The number of rotatable bonds is 1. The van der Waals surface area contributed by atoms with Crippen molar-refractivity contribution in [2.24, 2.45) is 0 Å². The fourth-order valence-corrected chi connectivity index (χ4v) is 2.31. The Morgan fingerprint density at radius 3 is 2.72 bits per heavy atom. The molecule has 0 aliphatic heterocycles. The van der Waals surface area contributed by atoms with E-state index in [1.807, 2.05) is 48.7 Å². The van der Waals surface area contributed by atoms with Crippen molar-refractivity contribution >= 4 is 22.5 Å². The van der Waals surface area contributed by atoms with Gasteiger partial charge < -0.3 is 4.98 Å². The fourth-order valence-electron chi connectivity index (χ4n) is 2.14. The Labute approximate surface area is 109 Å². The maximum Gasteiger partial charge on any atom is 0.0998 e. The molecule has 0 amide bonds. The number of benzene rings is 2. The van der Waals surface area contributed by atoms with Crippen LogP contribution in [0.3, 0.4) is 0 Å². The number of nitrogens with zero attached hydrogens (tertiary/aromatic N) is 1. The highest BCUT2D eigenvalue weighted by Crippen LogP contribution is 2.31. The first kappa shape index (κ1) is 10.9. The summed E-state index contributed by atoms with van der Waals surface area (Å²) in [7, 11) is 0. The van der Waals surface area contributed by atoms with Crippen LogP contribution in [-0.2, 0) is 0 Å². The predicted molar refractivity (Wildman–Crippen MR) is 73.5 cm³/mol. The number of aromatic nitrogens is 1. The quantitative estimate of drug-likeness (QED) is 0.687. The highest BCUT2D eigenvalue weighted by atomic mass is 35.5. The zero-order valence-electron chi connectivity index (χ0n) is 9.44. The maximum absolute atomic E-state index is 9.15. The normalized spacial score (nSPS) is 10.4. The topological polar surface area (TPSA) is 39.6 Å². The van der Waals surface area contributed by atoms with Crippen molar-refractivity contribution in [3.05, 3.63) is 59.2 Å². The average molecular weight is 253 g/mol. The van der Waals surface area contributed by atoms with Gasteiger partial charge in [-0.2, -0.15) is 5.26 Å². The lowest BCUT2D eigenvalue weighted by Gasteiger charge is -2.02. The molecule has 0 aliphatic carbocycles. The third kappa shape index (κ3) is 1.66. The molecular formula is C15H9ClN2. The van der Waals surface area contributed by atoms with Gasteiger partial charge in [-0.15, -0.1) is 0 Å². The minimum absolute atomic E-state index is 0.674. The van der Waals surface area contributed by atoms with E-state index in [9.17, 15) is 0 Å². The number of hydrogen-bond acceptors (Lipinski definition) is 1. The van der Waals surface area contributed by atoms with Gasteiger partial charge in [-0.05, 0) is 18.2 Å². The standard InChI is InChI=1S/C15H9ClN2/c16-11-5-6-13-14(9-18-15(13)7-11)12-4-2-1-3-10(12)8-17/h1-7,9,18H. The van der Waals surface area contributed by atoms with Crippen molar-refractivity contribution in [1.29, 1.82) is 5.26 Å². The van der Waals surface area contributed by atoms with Gasteiger partial charge in [0.2, 0.25) is 0 Å². The van der Waals surface area contributed by atoms with Crippen LogP contribution < -0.4 is 0 Å². The summed E-state index contributed by atoms with van der Waals surface area (Å²) >= 11 is 5.96. The van der Waals surface area contributed by atoms with Crippen molar-refractivity contribution in [2.45, 2.75) is 0 Å². The molecule has 0 saturated heterocycles. The molecule has 18 heavy (non-hydrogen) atoms. The van der Waals surface area contributed by atoms with Crippen LogP contribution in [-0.4, -0.2) is 4.98 Å². The van der Waals surface area contributed by atoms with Crippen LogP contribution in [0.1, 0.15) is 5.56 Å². The second kappa shape index (κ2) is 4.21. The van der Waals surface area contributed by atoms with Crippen LogP contribution in [0.5, 0.6) is 0 Å². The van der Waals surface area contributed by atoms with Gasteiger partial charge in [0.15, 0.2) is 0 Å². The lowest BCUT2D eigenvalue weighted by atomic mass is 10.00. The van der Waals surface area contributed by atoms with Crippen molar-refractivity contribution in [3.63, 3.8) is 0 Å². The first-order chi connectivity index (χ1) is 8.79. The Kier molecular flexibility index (Phi) is 2.55. The van der Waals surface area contributed by atoms with Gasteiger partial charge in [0, 0.05) is 33.2 Å². The lowest BCUT2D eigenvalue weighted by Crippen LogP contribution is -1.81. The van der Waals surface area contributed by atoms with Gasteiger partial charge in [0.25, 0.3) is 0 Å². The van der Waals surface area contributed by atoms with Crippen molar-refractivity contribution in [1.82, 2.24) is 4.98 Å². The van der Waals surface area contributed by atoms with Gasteiger partial charge in [-0.25, -0.2) is 0 Å². The van der Waals surface area contributed by atoms with E-state index >= 15 is 0 Å². The van der Waals surface area contributed by atoms with Crippen LogP contribution in [0.15, 0.2) is 48.7 Å². The van der Waals surface area contributed by atoms with E-state index in [0.717, 1.165) is 22.0 Å². The second-order valence-corrected chi connectivity index (χ2v) is 4.49. The molecule has 0 saturated carbocycles. The Morgan fingerprint density at radius 2 is 1.89 bits per heavy atom. The van der Waals surface area contributed by atoms with Crippen molar-refractivity contribution in [3.8, 4) is 17.2 Å². The van der Waals surface area contributed by atoms with E-state index in [1.165, 1.54) is 0 Å². The number of nitriles is 1. The number of nitrogens with one attached hydrogen (secondary N) is 1. The minimum Gasteiger partial charge on any atom is -0.360 e. The minimum atomic E-state index is 0.674. The fraction of sp³-hybridized carbons (Fsp3) is 0. The highest BCUT2D eigenvalue weighted by Gasteiger charge is 2.09. The molecule has 0 bridgehead atoms. The zero-order valence-corrected chi connectivity index (χ0v) is 10.2. The summed E-state index contributed by atoms with van der Waals surface area (Å²) in [5, 5.41) is 10.9. The molecule has 3 aromatic rings. The SMILES string of the molecule is N#Cc1ccccc1-c1c[nH]c2cc(Cl)ccc12. The molecule has 0 radical (unpaired) electrons. The van der Waals surface area contributed by atoms with Crippen LogP contribution in [0.2, 0.25) is 5.02 Å². The molecule has 0 atom stereocenters. The number of halogens is 1. The van der Waals surface area contributed by atoms with E-state index in [-0.39, 0.29) is 0 Å². The number of H-pyrrole nitrogens is 1. The van der Waals surface area contributed by atoms with E-state index in [4.69, 9.17) is 16.9 Å². The predicted octanol–water partition coefficient (Wildman–Crippen LogP) is 4.36. The molecule has 1 aromatic heterocycles. The molecule has 0 aliphatic rings. The third-order valence-corrected chi connectivity index (χ3v) is 3.22. The molecule has 0 spiro atoms. The molecule has 1 N–H and O–H groups in total. The molecule has 2 nitrogen and oxygen atoms in total. The summed E-state index contributed by atoms with van der Waals surface area (Å²) in [5.41, 5.74) is 3.62. The summed E-state index contributed by atoms with van der Waals surface area (Å²) < 4.78 is 0. The number of fused-ring (bicyclic) bond motifs is 1. The van der Waals surface area contributed by atoms with E-state index < -0.39 is 0 Å². The van der Waals surface area contributed by atoms with Crippen LogP contribution in [0.4, 0.5) is 0 Å². The first-order valence-corrected chi connectivity index (χ1v) is 5.93. The van der Waals surface area contributed by atoms with E-state index in [1.54, 1.807) is 0 Å². The Balaban J connectivity index is 2.30. The van der Waals surface area contributed by atoms with Gasteiger partial charge in [0.05, 0.1) is 11.6 Å². The van der Waals surface area contributed by atoms with Gasteiger partial charge in [-0.1, -0.05) is 35.9 Å². The summed E-state index contributed by atoms with van der Waals surface area (Å²) in [6.45, 7) is 0. The zero-order chi connectivity index (χ0) is 12.5. The van der Waals surface area contributed by atoms with Crippen LogP contribution >= 0.6 is 11.6 Å². The molecule has 3 rings (SSSR count). The van der Waals surface area contributed by atoms with Gasteiger partial charge in [0.1, 0.15) is 0 Å². The largest absolute Gasteiger partial charge is 0.360 e. The van der Waals surface area contributed by atoms with Crippen LogP contribution in [0, 0.1) is 11.3 Å². The maximum atomic E-state index is 9.15. The lowest BCUT2D eigenvalue weighted by molar-refractivity contribution is 1.46. The summed E-state index contributed by atoms with van der Waals surface area (Å²) in [6, 6.07) is 15.5. The monoisotopic (exact) mass is 252 g/mol. The Morgan fingerprint density at radius 1 is 1.06 bits per heavy atom. The number of hydrogen-bond donors (Lipinski definition) is 1. The summed E-state index contributed by atoms with van der Waals surface area (Å²) in [4.78, 5) is 3.18. The van der Waals surface area contributed by atoms with Gasteiger partial charge in [-0.3, -0.25) is 0 Å². The highest BCUT2D eigenvalue weighted by molar-refractivity contribution is 6.31. The van der Waals surface area contributed by atoms with E-state index in [0.29, 0.717) is 10.6 Å². The number of aromatic amines is 1. The molecule has 1 heterocycles. The van der Waals surface area contributed by atoms with Crippen LogP contribution in [0.25, 0.3) is 22.0 Å². The summed E-state index contributed by atoms with van der Waals surface area (Å²) in [5.74, 6) is 0. The molecule has 86 valence electrons. The molecule has 0 unspecified atom stereocenters.